The summed E-state index contributed by atoms with van der Waals surface area (Å²) in [5.41, 5.74) is 0.873. The molecular weight excluding hydrogens is 388 g/mol. The van der Waals surface area contributed by atoms with Crippen LogP contribution in [-0.2, 0) is 21.4 Å². The first-order chi connectivity index (χ1) is 13.1. The number of nitrogens with zero attached hydrogens (tertiary/aromatic N) is 1. The van der Waals surface area contributed by atoms with E-state index in [4.69, 9.17) is 9.47 Å². The Hall–Kier alpha value is -2.10. The molecule has 2 aromatic rings. The first-order valence-electron chi connectivity index (χ1n) is 8.77. The van der Waals surface area contributed by atoms with Gasteiger partial charge in [0.25, 0.3) is 10.0 Å². The van der Waals surface area contributed by atoms with Crippen molar-refractivity contribution < 1.29 is 22.7 Å². The number of ether oxygens (including phenoxy) is 2. The lowest BCUT2D eigenvalue weighted by Gasteiger charge is -2.23. The molecule has 4 rings (SSSR count). The van der Waals surface area contributed by atoms with Crippen LogP contribution in [0.1, 0.15) is 18.4 Å². The zero-order valence-corrected chi connectivity index (χ0v) is 16.2. The molecule has 0 saturated carbocycles. The molecule has 1 saturated heterocycles. The Balaban J connectivity index is 1.43. The van der Waals surface area contributed by atoms with Crippen LogP contribution in [-0.4, -0.2) is 44.4 Å². The highest BCUT2D eigenvalue weighted by molar-refractivity contribution is 7.91. The quantitative estimate of drug-likeness (QED) is 0.818. The summed E-state index contributed by atoms with van der Waals surface area (Å²) < 4.78 is 38.2. The second-order valence-corrected chi connectivity index (χ2v) is 9.47. The van der Waals surface area contributed by atoms with E-state index in [1.807, 2.05) is 18.2 Å². The second kappa shape index (κ2) is 7.49. The maximum atomic E-state index is 12.8. The third kappa shape index (κ3) is 3.67. The summed E-state index contributed by atoms with van der Waals surface area (Å²) in [4.78, 5) is 12.7. The number of fused-ring (bicyclic) bond motifs is 1. The lowest BCUT2D eigenvalue weighted by Crippen LogP contribution is -2.45. The van der Waals surface area contributed by atoms with E-state index < -0.39 is 16.1 Å². The van der Waals surface area contributed by atoms with Gasteiger partial charge in [-0.2, -0.15) is 4.31 Å². The average molecular weight is 409 g/mol. The minimum atomic E-state index is -3.63. The molecule has 1 aromatic carbocycles. The van der Waals surface area contributed by atoms with E-state index >= 15 is 0 Å². The number of nitrogens with one attached hydrogen (secondary N) is 1. The Bertz CT molecular complexity index is 927. The average Bonchev–Trinajstić information content (AvgIpc) is 3.38. The van der Waals surface area contributed by atoms with Crippen molar-refractivity contribution >= 4 is 27.3 Å². The van der Waals surface area contributed by atoms with E-state index in [1.54, 1.807) is 17.5 Å². The lowest BCUT2D eigenvalue weighted by atomic mass is 10.1. The molecule has 9 heteroatoms. The van der Waals surface area contributed by atoms with Gasteiger partial charge in [-0.3, -0.25) is 4.79 Å². The van der Waals surface area contributed by atoms with Crippen LogP contribution in [0.2, 0.25) is 0 Å². The predicted octanol–water partition coefficient (Wildman–Crippen LogP) is 1.99. The third-order valence-electron chi connectivity index (χ3n) is 4.64. The van der Waals surface area contributed by atoms with Crippen molar-refractivity contribution in [3.63, 3.8) is 0 Å². The fraction of sp³-hybridized carbons (Fsp3) is 0.389. The van der Waals surface area contributed by atoms with Crippen molar-refractivity contribution in [2.24, 2.45) is 0 Å². The zero-order chi connectivity index (χ0) is 18.9. The molecule has 7 nitrogen and oxygen atoms in total. The minimum Gasteiger partial charge on any atom is -0.486 e. The summed E-state index contributed by atoms with van der Waals surface area (Å²) in [6, 6.07) is 8.12. The van der Waals surface area contributed by atoms with Gasteiger partial charge >= 0.3 is 0 Å². The second-order valence-electron chi connectivity index (χ2n) is 6.40. The lowest BCUT2D eigenvalue weighted by molar-refractivity contribution is -0.124. The standard InChI is InChI=1S/C18H20N2O5S2/c21-18(19-12-13-5-6-15-16(11-13)25-9-8-24-15)14-3-1-7-20(14)27(22,23)17-4-2-10-26-17/h2,4-6,10-11,14H,1,3,7-9,12H2,(H,19,21)/t14-/m1/s1. The van der Waals surface area contributed by atoms with Crippen molar-refractivity contribution in [2.45, 2.75) is 29.6 Å². The fourth-order valence-corrected chi connectivity index (χ4v) is 6.10. The van der Waals surface area contributed by atoms with E-state index in [9.17, 15) is 13.2 Å². The fourth-order valence-electron chi connectivity index (χ4n) is 3.32. The van der Waals surface area contributed by atoms with Crippen LogP contribution in [0.25, 0.3) is 0 Å². The smallest absolute Gasteiger partial charge is 0.253 e. The molecule has 1 amide bonds. The Kier molecular flexibility index (Phi) is 5.07. The first kappa shape index (κ1) is 18.3. The van der Waals surface area contributed by atoms with E-state index in [2.05, 4.69) is 5.32 Å². The van der Waals surface area contributed by atoms with E-state index in [-0.39, 0.29) is 10.1 Å². The van der Waals surface area contributed by atoms with E-state index in [1.165, 1.54) is 15.6 Å². The van der Waals surface area contributed by atoms with Crippen LogP contribution in [0.15, 0.2) is 39.9 Å². The molecule has 3 heterocycles. The van der Waals surface area contributed by atoms with Gasteiger partial charge in [0.15, 0.2) is 11.5 Å². The minimum absolute atomic E-state index is 0.272. The highest BCUT2D eigenvalue weighted by Crippen LogP contribution is 2.31. The van der Waals surface area contributed by atoms with Gasteiger partial charge in [-0.15, -0.1) is 11.3 Å². The van der Waals surface area contributed by atoms with Crippen LogP contribution < -0.4 is 14.8 Å². The Morgan fingerprint density at radius 3 is 2.81 bits per heavy atom. The molecule has 0 bridgehead atoms. The number of amides is 1. The molecule has 1 atom stereocenters. The molecule has 144 valence electrons. The van der Waals surface area contributed by atoms with Gasteiger partial charge in [-0.1, -0.05) is 12.1 Å². The highest BCUT2D eigenvalue weighted by Gasteiger charge is 2.39. The Labute approximate surface area is 161 Å². The topological polar surface area (TPSA) is 84.9 Å². The van der Waals surface area contributed by atoms with Gasteiger partial charge in [-0.05, 0) is 42.0 Å². The van der Waals surface area contributed by atoms with Gasteiger partial charge in [0.1, 0.15) is 23.5 Å². The molecular formula is C18H20N2O5S2. The number of benzene rings is 1. The number of hydrogen-bond donors (Lipinski definition) is 1. The normalized spacial score (nSPS) is 19.8. The first-order valence-corrected chi connectivity index (χ1v) is 11.1. The molecule has 1 aromatic heterocycles. The van der Waals surface area contributed by atoms with Gasteiger partial charge in [0, 0.05) is 13.1 Å². The molecule has 2 aliphatic heterocycles. The summed E-state index contributed by atoms with van der Waals surface area (Å²) in [5, 5.41) is 4.58. The van der Waals surface area contributed by atoms with Crippen LogP contribution >= 0.6 is 11.3 Å². The van der Waals surface area contributed by atoms with Gasteiger partial charge in [0.05, 0.1) is 0 Å². The summed E-state index contributed by atoms with van der Waals surface area (Å²) in [6.07, 6.45) is 1.20. The van der Waals surface area contributed by atoms with Gasteiger partial charge < -0.3 is 14.8 Å². The molecule has 2 aliphatic rings. The molecule has 1 N–H and O–H groups in total. The van der Waals surface area contributed by atoms with Crippen molar-refractivity contribution in [3.05, 3.63) is 41.3 Å². The zero-order valence-electron chi connectivity index (χ0n) is 14.6. The number of rotatable bonds is 5. The Morgan fingerprint density at radius 1 is 1.22 bits per heavy atom. The van der Waals surface area contributed by atoms with Gasteiger partial charge in [-0.25, -0.2) is 8.42 Å². The van der Waals surface area contributed by atoms with Crippen LogP contribution in [0.5, 0.6) is 11.5 Å². The maximum Gasteiger partial charge on any atom is 0.253 e. The van der Waals surface area contributed by atoms with Crippen molar-refractivity contribution in [1.82, 2.24) is 9.62 Å². The van der Waals surface area contributed by atoms with Crippen molar-refractivity contribution in [1.29, 1.82) is 0 Å². The third-order valence-corrected chi connectivity index (χ3v) is 7.92. The molecule has 27 heavy (non-hydrogen) atoms. The molecule has 1 fully saturated rings. The van der Waals surface area contributed by atoms with Crippen molar-refractivity contribution in [2.75, 3.05) is 19.8 Å². The maximum absolute atomic E-state index is 12.8. The monoisotopic (exact) mass is 408 g/mol. The highest BCUT2D eigenvalue weighted by atomic mass is 32.2. The van der Waals surface area contributed by atoms with Crippen LogP contribution in [0, 0.1) is 0 Å². The van der Waals surface area contributed by atoms with Crippen LogP contribution in [0.4, 0.5) is 0 Å². The number of sulfonamides is 1. The van der Waals surface area contributed by atoms with Gasteiger partial charge in [0.2, 0.25) is 5.91 Å². The number of thiophene rings is 1. The van der Waals surface area contributed by atoms with E-state index in [0.717, 1.165) is 5.56 Å². The largest absolute Gasteiger partial charge is 0.486 e. The summed E-state index contributed by atoms with van der Waals surface area (Å²) >= 11 is 1.17. The van der Waals surface area contributed by atoms with Crippen molar-refractivity contribution in [3.8, 4) is 11.5 Å². The Morgan fingerprint density at radius 2 is 2.04 bits per heavy atom. The summed E-state index contributed by atoms with van der Waals surface area (Å²) in [5.74, 6) is 1.08. The van der Waals surface area contributed by atoms with E-state index in [0.29, 0.717) is 50.6 Å². The predicted molar refractivity (Wildman–Crippen MR) is 101 cm³/mol. The number of carbonyl (C=O) groups is 1. The summed E-state index contributed by atoms with van der Waals surface area (Å²) in [6.45, 7) is 1.70. The number of hydrogen-bond acceptors (Lipinski definition) is 6. The molecule has 0 spiro atoms. The molecule has 0 aliphatic carbocycles. The summed E-state index contributed by atoms with van der Waals surface area (Å²) in [7, 11) is -3.63. The number of carbonyl (C=O) groups excluding carboxylic acids is 1. The molecule has 0 unspecified atom stereocenters. The SMILES string of the molecule is O=C(NCc1ccc2c(c1)OCCO2)[C@H]1CCCN1S(=O)(=O)c1cccs1. The van der Waals surface area contributed by atoms with Crippen LogP contribution in [0.3, 0.4) is 0 Å². The molecule has 0 radical (unpaired) electrons.